The third-order valence-electron chi connectivity index (χ3n) is 5.46. The Hall–Kier alpha value is -2.93. The smallest absolute Gasteiger partial charge is 0.147 e. The van der Waals surface area contributed by atoms with Crippen LogP contribution >= 0.6 is 0 Å². The number of nitrogens with one attached hydrogen (secondary N) is 2. The predicted molar refractivity (Wildman–Crippen MR) is 98.8 cm³/mol. The van der Waals surface area contributed by atoms with E-state index in [2.05, 4.69) is 30.4 Å². The Kier molecular flexibility index (Phi) is 3.60. The molecule has 4 heterocycles. The first-order chi connectivity index (χ1) is 12.8. The number of hydrogen-bond acceptors (Lipinski definition) is 6. The Labute approximate surface area is 151 Å². The lowest BCUT2D eigenvalue weighted by Gasteiger charge is -2.18. The molecule has 0 spiro atoms. The molecule has 0 aliphatic carbocycles. The van der Waals surface area contributed by atoms with Gasteiger partial charge in [0, 0.05) is 43.5 Å². The molecule has 2 saturated heterocycles. The molecule has 0 saturated carbocycles. The number of nitrogens with zero attached hydrogens (tertiary/aromatic N) is 4. The summed E-state index contributed by atoms with van der Waals surface area (Å²) in [4.78, 5) is 11.5. The van der Waals surface area contributed by atoms with Crippen LogP contribution in [0.25, 0.3) is 22.4 Å². The zero-order valence-corrected chi connectivity index (χ0v) is 14.3. The molecular formula is C19H20N6O. The summed E-state index contributed by atoms with van der Waals surface area (Å²) >= 11 is 0. The Morgan fingerprint density at radius 3 is 2.50 bits per heavy atom. The van der Waals surface area contributed by atoms with Crippen molar-refractivity contribution in [2.24, 2.45) is 11.8 Å². The van der Waals surface area contributed by atoms with Gasteiger partial charge in [0.25, 0.3) is 0 Å². The molecule has 1 aromatic carbocycles. The highest BCUT2D eigenvalue weighted by molar-refractivity contribution is 5.73. The molecule has 7 heteroatoms. The molecule has 2 fully saturated rings. The molecule has 0 radical (unpaired) electrons. The fourth-order valence-corrected chi connectivity index (χ4v) is 4.00. The Bertz CT molecular complexity index is 896. The van der Waals surface area contributed by atoms with Gasteiger partial charge in [-0.3, -0.25) is 10.1 Å². The van der Waals surface area contributed by atoms with Gasteiger partial charge in [-0.05, 0) is 29.5 Å². The van der Waals surface area contributed by atoms with Gasteiger partial charge in [0.2, 0.25) is 0 Å². The largest absolute Gasteiger partial charge is 0.507 e. The summed E-state index contributed by atoms with van der Waals surface area (Å²) < 4.78 is 0. The fraction of sp³-hybridized carbons (Fsp3) is 0.316. The number of rotatable bonds is 3. The van der Waals surface area contributed by atoms with E-state index >= 15 is 0 Å². The minimum atomic E-state index is 0.188. The average molecular weight is 348 g/mol. The van der Waals surface area contributed by atoms with E-state index in [1.807, 2.05) is 18.3 Å². The summed E-state index contributed by atoms with van der Waals surface area (Å²) in [6.07, 6.45) is 7.08. The van der Waals surface area contributed by atoms with Crippen molar-refractivity contribution in [3.63, 3.8) is 0 Å². The van der Waals surface area contributed by atoms with Gasteiger partial charge in [-0.15, -0.1) is 0 Å². The van der Waals surface area contributed by atoms with Crippen LogP contribution in [0.3, 0.4) is 0 Å². The molecule has 0 bridgehead atoms. The number of aromatic hydroxyl groups is 1. The van der Waals surface area contributed by atoms with E-state index in [9.17, 15) is 5.11 Å². The van der Waals surface area contributed by atoms with Crippen LogP contribution in [0.4, 0.5) is 5.82 Å². The van der Waals surface area contributed by atoms with E-state index in [4.69, 9.17) is 0 Å². The van der Waals surface area contributed by atoms with Gasteiger partial charge >= 0.3 is 0 Å². The van der Waals surface area contributed by atoms with E-state index in [1.165, 1.54) is 0 Å². The first-order valence-corrected chi connectivity index (χ1v) is 8.88. The van der Waals surface area contributed by atoms with E-state index in [0.29, 0.717) is 11.3 Å². The van der Waals surface area contributed by atoms with Gasteiger partial charge in [-0.25, -0.2) is 4.98 Å². The summed E-state index contributed by atoms with van der Waals surface area (Å²) in [7, 11) is 0. The van der Waals surface area contributed by atoms with Crippen LogP contribution < -0.4 is 10.2 Å². The van der Waals surface area contributed by atoms with Gasteiger partial charge in [-0.1, -0.05) is 6.07 Å². The number of phenolic OH excluding ortho intramolecular Hbond substituents is 1. The van der Waals surface area contributed by atoms with E-state index < -0.39 is 0 Å². The van der Waals surface area contributed by atoms with Crippen molar-refractivity contribution in [1.29, 1.82) is 0 Å². The van der Waals surface area contributed by atoms with Crippen LogP contribution in [0.1, 0.15) is 0 Å². The summed E-state index contributed by atoms with van der Waals surface area (Å²) in [6.45, 7) is 4.28. The molecule has 3 N–H and O–H groups in total. The minimum absolute atomic E-state index is 0.188. The number of aromatic nitrogens is 4. The van der Waals surface area contributed by atoms with E-state index in [0.717, 1.165) is 55.0 Å². The molecule has 132 valence electrons. The van der Waals surface area contributed by atoms with Crippen molar-refractivity contribution >= 4 is 5.82 Å². The molecule has 2 aliphatic rings. The van der Waals surface area contributed by atoms with Crippen LogP contribution in [-0.2, 0) is 0 Å². The highest BCUT2D eigenvalue weighted by Crippen LogP contribution is 2.33. The van der Waals surface area contributed by atoms with Gasteiger partial charge in [0.05, 0.1) is 24.3 Å². The second kappa shape index (κ2) is 6.10. The zero-order chi connectivity index (χ0) is 17.5. The maximum atomic E-state index is 10.4. The lowest BCUT2D eigenvalue weighted by atomic mass is 10.0. The lowest BCUT2D eigenvalue weighted by molar-refractivity contribution is 0.477. The van der Waals surface area contributed by atoms with Crippen molar-refractivity contribution in [2.45, 2.75) is 0 Å². The molecule has 3 aromatic rings. The SMILES string of the molecule is Oc1cc(-c2cn[nH]c2)ccc1-c1cnc(N2CC3CNCC3C2)cn1. The summed E-state index contributed by atoms with van der Waals surface area (Å²) in [5.41, 5.74) is 3.19. The highest BCUT2D eigenvalue weighted by Gasteiger charge is 2.36. The van der Waals surface area contributed by atoms with Crippen LogP contribution in [0.2, 0.25) is 0 Å². The van der Waals surface area contributed by atoms with Crippen LogP contribution in [0.15, 0.2) is 43.0 Å². The van der Waals surface area contributed by atoms with Gasteiger partial charge < -0.3 is 15.3 Å². The summed E-state index contributed by atoms with van der Waals surface area (Å²) in [5, 5.41) is 20.6. The third kappa shape index (κ3) is 2.61. The van der Waals surface area contributed by atoms with Crippen molar-refractivity contribution < 1.29 is 5.11 Å². The fourth-order valence-electron chi connectivity index (χ4n) is 4.00. The lowest BCUT2D eigenvalue weighted by Crippen LogP contribution is -2.26. The predicted octanol–water partition coefficient (Wildman–Crippen LogP) is 1.89. The highest BCUT2D eigenvalue weighted by atomic mass is 16.3. The van der Waals surface area contributed by atoms with Crippen molar-refractivity contribution in [1.82, 2.24) is 25.5 Å². The van der Waals surface area contributed by atoms with Gasteiger partial charge in [0.15, 0.2) is 0 Å². The second-order valence-corrected chi connectivity index (χ2v) is 7.06. The van der Waals surface area contributed by atoms with Crippen molar-refractivity contribution in [3.8, 4) is 28.1 Å². The van der Waals surface area contributed by atoms with Crippen molar-refractivity contribution in [2.75, 3.05) is 31.1 Å². The quantitative estimate of drug-likeness (QED) is 0.670. The first kappa shape index (κ1) is 15.3. The number of fused-ring (bicyclic) bond motifs is 1. The Morgan fingerprint density at radius 2 is 1.85 bits per heavy atom. The minimum Gasteiger partial charge on any atom is -0.507 e. The second-order valence-electron chi connectivity index (χ2n) is 7.06. The average Bonchev–Trinajstić information content (AvgIpc) is 3.39. The normalized spacial score (nSPS) is 21.9. The van der Waals surface area contributed by atoms with Gasteiger partial charge in [0.1, 0.15) is 11.6 Å². The van der Waals surface area contributed by atoms with Crippen molar-refractivity contribution in [3.05, 3.63) is 43.0 Å². The monoisotopic (exact) mass is 348 g/mol. The topological polar surface area (TPSA) is 90.0 Å². The van der Waals surface area contributed by atoms with Gasteiger partial charge in [-0.2, -0.15) is 5.10 Å². The summed E-state index contributed by atoms with van der Waals surface area (Å²) in [6, 6.07) is 5.54. The number of hydrogen-bond donors (Lipinski definition) is 3. The van der Waals surface area contributed by atoms with E-state index in [1.54, 1.807) is 24.7 Å². The number of anilines is 1. The molecule has 5 rings (SSSR count). The summed E-state index contributed by atoms with van der Waals surface area (Å²) in [5.74, 6) is 2.54. The molecule has 2 aliphatic heterocycles. The number of phenols is 1. The molecule has 2 atom stereocenters. The van der Waals surface area contributed by atoms with E-state index in [-0.39, 0.29) is 5.75 Å². The standard InChI is InChI=1S/C19H20N6O/c26-18-3-12(13-6-23-24-7-13)1-2-16(18)17-8-22-19(9-21-17)25-10-14-4-20-5-15(14)11-25/h1-3,6-9,14-15,20,26H,4-5,10-11H2,(H,23,24). The van der Waals surface area contributed by atoms with Crippen LogP contribution in [0.5, 0.6) is 5.75 Å². The Balaban J connectivity index is 1.37. The molecule has 26 heavy (non-hydrogen) atoms. The molecular weight excluding hydrogens is 328 g/mol. The molecule has 0 amide bonds. The first-order valence-electron chi connectivity index (χ1n) is 8.88. The molecule has 7 nitrogen and oxygen atoms in total. The maximum Gasteiger partial charge on any atom is 0.147 e. The zero-order valence-electron chi connectivity index (χ0n) is 14.3. The molecule has 2 unspecified atom stereocenters. The molecule has 2 aromatic heterocycles. The van der Waals surface area contributed by atoms with Crippen LogP contribution in [0, 0.1) is 11.8 Å². The number of benzene rings is 1. The van der Waals surface area contributed by atoms with Crippen LogP contribution in [-0.4, -0.2) is 51.5 Å². The Morgan fingerprint density at radius 1 is 1.00 bits per heavy atom. The number of H-pyrrole nitrogens is 1. The maximum absolute atomic E-state index is 10.4. The number of aromatic amines is 1. The third-order valence-corrected chi connectivity index (χ3v) is 5.46.